The second-order valence-corrected chi connectivity index (χ2v) is 6.79. The van der Waals surface area contributed by atoms with Crippen molar-refractivity contribution < 1.29 is 17.2 Å². The summed E-state index contributed by atoms with van der Waals surface area (Å²) in [7, 11) is -3.70. The summed E-state index contributed by atoms with van der Waals surface area (Å²) in [6, 6.07) is 7.39. The fourth-order valence-electron chi connectivity index (χ4n) is 1.78. The quantitative estimate of drug-likeness (QED) is 0.808. The average Bonchev–Trinajstić information content (AvgIpc) is 2.81. The maximum atomic E-state index is 13.0. The van der Waals surface area contributed by atoms with Gasteiger partial charge in [-0.2, -0.15) is 0 Å². The Labute approximate surface area is 130 Å². The Morgan fingerprint density at radius 2 is 2.10 bits per heavy atom. The Kier molecular flexibility index (Phi) is 5.15. The summed E-state index contributed by atoms with van der Waals surface area (Å²) in [6.45, 7) is 0.263. The zero-order chi connectivity index (χ0) is 15.5. The first-order valence-electron chi connectivity index (χ1n) is 6.15. The van der Waals surface area contributed by atoms with Crippen LogP contribution in [0.2, 0.25) is 0 Å². The molecule has 0 aliphatic carbocycles. The number of benzene rings is 1. The maximum absolute atomic E-state index is 13.0. The van der Waals surface area contributed by atoms with E-state index in [1.807, 2.05) is 0 Å². The van der Waals surface area contributed by atoms with Crippen LogP contribution in [0.5, 0.6) is 0 Å². The summed E-state index contributed by atoms with van der Waals surface area (Å²) in [5, 5.41) is 0. The molecule has 21 heavy (non-hydrogen) atoms. The molecule has 2 rings (SSSR count). The van der Waals surface area contributed by atoms with Crippen LogP contribution in [0.1, 0.15) is 11.3 Å². The SMILES string of the molecule is NCc1cc(S(=O)(=O)NCCc2cccc(F)c2)c(Br)o1. The van der Waals surface area contributed by atoms with Crippen LogP contribution in [0, 0.1) is 5.82 Å². The third-order valence-electron chi connectivity index (χ3n) is 2.79. The number of furan rings is 1. The van der Waals surface area contributed by atoms with Gasteiger partial charge in [0.15, 0.2) is 4.67 Å². The lowest BCUT2D eigenvalue weighted by Crippen LogP contribution is -2.26. The highest BCUT2D eigenvalue weighted by Gasteiger charge is 2.21. The molecule has 8 heteroatoms. The van der Waals surface area contributed by atoms with Crippen LogP contribution in [0.4, 0.5) is 4.39 Å². The predicted octanol–water partition coefficient (Wildman–Crippen LogP) is 2.16. The average molecular weight is 377 g/mol. The van der Waals surface area contributed by atoms with Gasteiger partial charge < -0.3 is 10.2 Å². The minimum Gasteiger partial charge on any atom is -0.452 e. The second-order valence-electron chi connectivity index (χ2n) is 4.33. The van der Waals surface area contributed by atoms with Crippen LogP contribution < -0.4 is 10.5 Å². The first kappa shape index (κ1) is 16.2. The number of nitrogens with one attached hydrogen (secondary N) is 1. The van der Waals surface area contributed by atoms with Crippen LogP contribution in [0.3, 0.4) is 0 Å². The first-order chi connectivity index (χ1) is 9.92. The molecule has 0 unspecified atom stereocenters. The third kappa shape index (κ3) is 4.13. The van der Waals surface area contributed by atoms with Gasteiger partial charge in [0, 0.05) is 12.6 Å². The summed E-state index contributed by atoms with van der Waals surface area (Å²) in [5.41, 5.74) is 6.11. The Balaban J connectivity index is 2.03. The smallest absolute Gasteiger partial charge is 0.244 e. The van der Waals surface area contributed by atoms with Gasteiger partial charge in [-0.05, 0) is 40.0 Å². The molecule has 0 atom stereocenters. The zero-order valence-corrected chi connectivity index (χ0v) is 13.4. The number of hydrogen-bond donors (Lipinski definition) is 2. The minimum absolute atomic E-state index is 0.00203. The van der Waals surface area contributed by atoms with Crippen LogP contribution in [0.25, 0.3) is 0 Å². The van der Waals surface area contributed by atoms with Gasteiger partial charge in [-0.15, -0.1) is 0 Å². The van der Waals surface area contributed by atoms with Crippen molar-refractivity contribution in [2.45, 2.75) is 17.9 Å². The summed E-state index contributed by atoms with van der Waals surface area (Å²) < 4.78 is 45.0. The van der Waals surface area contributed by atoms with Crippen molar-refractivity contribution >= 4 is 26.0 Å². The Bertz CT molecular complexity index is 731. The van der Waals surface area contributed by atoms with Gasteiger partial charge in [0.1, 0.15) is 16.5 Å². The van der Waals surface area contributed by atoms with Gasteiger partial charge in [-0.3, -0.25) is 0 Å². The first-order valence-corrected chi connectivity index (χ1v) is 8.42. The standard InChI is InChI=1S/C13H14BrFN2O3S/c14-13-12(7-11(8-16)20-13)21(18,19)17-5-4-9-2-1-3-10(15)6-9/h1-3,6-7,17H,4-5,8,16H2. The molecule has 1 aromatic heterocycles. The second kappa shape index (κ2) is 6.69. The number of sulfonamides is 1. The summed E-state index contributed by atoms with van der Waals surface area (Å²) >= 11 is 3.05. The van der Waals surface area contributed by atoms with E-state index in [2.05, 4.69) is 20.7 Å². The molecule has 1 heterocycles. The van der Waals surface area contributed by atoms with E-state index in [1.165, 1.54) is 18.2 Å². The van der Waals surface area contributed by atoms with Crippen molar-refractivity contribution in [2.75, 3.05) is 6.54 Å². The number of rotatable bonds is 6. The summed E-state index contributed by atoms with van der Waals surface area (Å²) in [6.07, 6.45) is 0.385. The predicted molar refractivity (Wildman–Crippen MR) is 79.6 cm³/mol. The van der Waals surface area contributed by atoms with Gasteiger partial charge in [0.05, 0.1) is 6.54 Å². The van der Waals surface area contributed by atoms with Crippen molar-refractivity contribution in [3.63, 3.8) is 0 Å². The normalized spacial score (nSPS) is 11.8. The molecule has 0 saturated carbocycles. The minimum atomic E-state index is -3.70. The Morgan fingerprint density at radius 3 is 2.71 bits per heavy atom. The Hall–Kier alpha value is -1.22. The highest BCUT2D eigenvalue weighted by molar-refractivity contribution is 9.10. The highest BCUT2D eigenvalue weighted by Crippen LogP contribution is 2.25. The molecule has 0 saturated heterocycles. The van der Waals surface area contributed by atoms with Crippen molar-refractivity contribution in [1.82, 2.24) is 4.72 Å². The van der Waals surface area contributed by atoms with E-state index in [9.17, 15) is 12.8 Å². The largest absolute Gasteiger partial charge is 0.452 e. The van der Waals surface area contributed by atoms with Gasteiger partial charge >= 0.3 is 0 Å². The molecule has 5 nitrogen and oxygen atoms in total. The van der Waals surface area contributed by atoms with E-state index in [-0.39, 0.29) is 28.5 Å². The molecule has 0 fully saturated rings. The molecule has 1 aromatic carbocycles. The number of nitrogens with two attached hydrogens (primary N) is 1. The van der Waals surface area contributed by atoms with E-state index in [0.717, 1.165) is 0 Å². The van der Waals surface area contributed by atoms with Gasteiger partial charge in [-0.25, -0.2) is 17.5 Å². The van der Waals surface area contributed by atoms with Crippen LogP contribution in [-0.4, -0.2) is 15.0 Å². The Morgan fingerprint density at radius 1 is 1.33 bits per heavy atom. The molecule has 0 amide bonds. The summed E-state index contributed by atoms with van der Waals surface area (Å²) in [5.74, 6) is 0.0212. The lowest BCUT2D eigenvalue weighted by molar-refractivity contribution is 0.483. The van der Waals surface area contributed by atoms with E-state index >= 15 is 0 Å². The molecule has 3 N–H and O–H groups in total. The molecule has 114 valence electrons. The van der Waals surface area contributed by atoms with Crippen molar-refractivity contribution in [2.24, 2.45) is 5.73 Å². The molecular weight excluding hydrogens is 363 g/mol. The van der Waals surface area contributed by atoms with E-state index in [0.29, 0.717) is 17.7 Å². The highest BCUT2D eigenvalue weighted by atomic mass is 79.9. The van der Waals surface area contributed by atoms with Crippen LogP contribution >= 0.6 is 15.9 Å². The van der Waals surface area contributed by atoms with Crippen LogP contribution in [-0.2, 0) is 23.0 Å². The molecule has 0 radical (unpaired) electrons. The van der Waals surface area contributed by atoms with E-state index < -0.39 is 10.0 Å². The molecule has 0 aliphatic heterocycles. The van der Waals surface area contributed by atoms with Crippen LogP contribution in [0.15, 0.2) is 44.3 Å². The van der Waals surface area contributed by atoms with E-state index in [1.54, 1.807) is 12.1 Å². The molecule has 0 spiro atoms. The van der Waals surface area contributed by atoms with Crippen molar-refractivity contribution in [1.29, 1.82) is 0 Å². The van der Waals surface area contributed by atoms with Gasteiger partial charge in [-0.1, -0.05) is 12.1 Å². The van der Waals surface area contributed by atoms with Crippen molar-refractivity contribution in [3.8, 4) is 0 Å². The van der Waals surface area contributed by atoms with E-state index in [4.69, 9.17) is 10.2 Å². The lowest BCUT2D eigenvalue weighted by atomic mass is 10.1. The fourth-order valence-corrected chi connectivity index (χ4v) is 3.81. The maximum Gasteiger partial charge on any atom is 0.244 e. The monoisotopic (exact) mass is 376 g/mol. The number of hydrogen-bond acceptors (Lipinski definition) is 4. The number of halogens is 2. The van der Waals surface area contributed by atoms with Gasteiger partial charge in [0.2, 0.25) is 10.0 Å². The van der Waals surface area contributed by atoms with Crippen molar-refractivity contribution in [3.05, 3.63) is 52.1 Å². The lowest BCUT2D eigenvalue weighted by Gasteiger charge is -2.05. The molecular formula is C13H14BrFN2O3S. The fraction of sp³-hybridized carbons (Fsp3) is 0.231. The topological polar surface area (TPSA) is 85.3 Å². The zero-order valence-electron chi connectivity index (χ0n) is 11.0. The molecule has 2 aromatic rings. The molecule has 0 bridgehead atoms. The third-order valence-corrected chi connectivity index (χ3v) is 5.11. The summed E-state index contributed by atoms with van der Waals surface area (Å²) in [4.78, 5) is 0.00203. The van der Waals surface area contributed by atoms with Gasteiger partial charge in [0.25, 0.3) is 0 Å². The molecule has 0 aliphatic rings.